The molecule has 2 aromatic rings. The molecule has 0 spiro atoms. The van der Waals surface area contributed by atoms with E-state index in [9.17, 15) is 14.3 Å². The lowest BCUT2D eigenvalue weighted by Gasteiger charge is -2.18. The molecule has 0 aliphatic carbocycles. The molecular formula is C18H21FN2O3. The molecule has 0 aliphatic heterocycles. The third kappa shape index (κ3) is 4.38. The van der Waals surface area contributed by atoms with Crippen LogP contribution >= 0.6 is 0 Å². The molecule has 0 aliphatic rings. The lowest BCUT2D eigenvalue weighted by Crippen LogP contribution is -2.36. The van der Waals surface area contributed by atoms with Gasteiger partial charge in [-0.1, -0.05) is 18.2 Å². The maximum absolute atomic E-state index is 13.2. The summed E-state index contributed by atoms with van der Waals surface area (Å²) in [4.78, 5) is 13.6. The number of benzene rings is 2. The van der Waals surface area contributed by atoms with Crippen LogP contribution in [0.4, 0.5) is 9.18 Å². The van der Waals surface area contributed by atoms with Crippen molar-refractivity contribution in [2.75, 3.05) is 14.2 Å². The summed E-state index contributed by atoms with van der Waals surface area (Å²) in [6.07, 6.45) is 0. The van der Waals surface area contributed by atoms with Crippen LogP contribution in [0.2, 0.25) is 0 Å². The van der Waals surface area contributed by atoms with Gasteiger partial charge in [-0.15, -0.1) is 0 Å². The van der Waals surface area contributed by atoms with Gasteiger partial charge in [0.1, 0.15) is 5.82 Å². The maximum Gasteiger partial charge on any atom is 0.317 e. The zero-order chi connectivity index (χ0) is 17.7. The Hall–Kier alpha value is -2.76. The number of phenolic OH excluding ortho intramolecular Hbond substituents is 1. The molecule has 5 nitrogen and oxygen atoms in total. The van der Waals surface area contributed by atoms with E-state index in [1.54, 1.807) is 44.3 Å². The van der Waals surface area contributed by atoms with Gasteiger partial charge in [-0.3, -0.25) is 0 Å². The quantitative estimate of drug-likeness (QED) is 0.884. The topological polar surface area (TPSA) is 61.8 Å². The maximum atomic E-state index is 13.2. The van der Waals surface area contributed by atoms with Crippen LogP contribution < -0.4 is 10.1 Å². The number of phenols is 1. The lowest BCUT2D eigenvalue weighted by molar-refractivity contribution is 0.206. The first-order valence-corrected chi connectivity index (χ1v) is 7.50. The Balaban J connectivity index is 1.92. The number of urea groups is 1. The summed E-state index contributed by atoms with van der Waals surface area (Å²) in [5, 5.41) is 12.5. The minimum absolute atomic E-state index is 0.0330. The average Bonchev–Trinajstić information content (AvgIpc) is 2.55. The van der Waals surface area contributed by atoms with Crippen LogP contribution in [0.25, 0.3) is 0 Å². The third-order valence-corrected chi connectivity index (χ3v) is 3.68. The summed E-state index contributed by atoms with van der Waals surface area (Å²) in [7, 11) is 3.14. The van der Waals surface area contributed by atoms with Crippen molar-refractivity contribution >= 4 is 6.03 Å². The zero-order valence-electron chi connectivity index (χ0n) is 14.0. The number of carbonyl (C=O) groups is 1. The van der Waals surface area contributed by atoms with Gasteiger partial charge >= 0.3 is 6.03 Å². The monoisotopic (exact) mass is 332 g/mol. The Morgan fingerprint density at radius 1 is 1.25 bits per heavy atom. The summed E-state index contributed by atoms with van der Waals surface area (Å²) < 4.78 is 18.2. The minimum Gasteiger partial charge on any atom is -0.504 e. The van der Waals surface area contributed by atoms with Gasteiger partial charge in [0.15, 0.2) is 11.5 Å². The fourth-order valence-corrected chi connectivity index (χ4v) is 2.31. The van der Waals surface area contributed by atoms with Crippen molar-refractivity contribution in [2.24, 2.45) is 0 Å². The Labute approximate surface area is 140 Å². The Morgan fingerprint density at radius 2 is 1.96 bits per heavy atom. The van der Waals surface area contributed by atoms with E-state index in [4.69, 9.17) is 4.74 Å². The van der Waals surface area contributed by atoms with Crippen molar-refractivity contribution in [3.05, 3.63) is 58.9 Å². The first-order valence-electron chi connectivity index (χ1n) is 7.50. The van der Waals surface area contributed by atoms with Gasteiger partial charge in [0.05, 0.1) is 7.11 Å². The van der Waals surface area contributed by atoms with E-state index >= 15 is 0 Å². The van der Waals surface area contributed by atoms with Crippen LogP contribution in [0.1, 0.15) is 16.7 Å². The Kier molecular flexibility index (Phi) is 5.63. The molecule has 0 saturated carbocycles. The van der Waals surface area contributed by atoms with E-state index in [1.165, 1.54) is 18.1 Å². The fourth-order valence-electron chi connectivity index (χ4n) is 2.31. The van der Waals surface area contributed by atoms with Gasteiger partial charge < -0.3 is 20.1 Å². The fraction of sp³-hybridized carbons (Fsp3) is 0.278. The summed E-state index contributed by atoms with van der Waals surface area (Å²) in [6, 6.07) is 9.48. The molecule has 0 heterocycles. The number of aryl methyl sites for hydroxylation is 1. The van der Waals surface area contributed by atoms with Crippen LogP contribution in [0, 0.1) is 12.7 Å². The van der Waals surface area contributed by atoms with Crippen molar-refractivity contribution in [1.82, 2.24) is 10.2 Å². The van der Waals surface area contributed by atoms with Crippen LogP contribution in [0.3, 0.4) is 0 Å². The predicted octanol–water partition coefficient (Wildman–Crippen LogP) is 3.19. The summed E-state index contributed by atoms with van der Waals surface area (Å²) >= 11 is 0. The Morgan fingerprint density at radius 3 is 2.58 bits per heavy atom. The minimum atomic E-state index is -0.262. The second-order valence-electron chi connectivity index (χ2n) is 5.60. The molecule has 0 unspecified atom stereocenters. The van der Waals surface area contributed by atoms with Crippen molar-refractivity contribution in [2.45, 2.75) is 20.0 Å². The molecule has 6 heteroatoms. The molecule has 128 valence electrons. The van der Waals surface area contributed by atoms with Crippen molar-refractivity contribution in [1.29, 1.82) is 0 Å². The molecule has 0 fully saturated rings. The third-order valence-electron chi connectivity index (χ3n) is 3.68. The number of rotatable bonds is 5. The first kappa shape index (κ1) is 17.6. The summed E-state index contributed by atoms with van der Waals surface area (Å²) in [5.41, 5.74) is 2.16. The molecule has 0 bridgehead atoms. The van der Waals surface area contributed by atoms with Crippen LogP contribution in [0.5, 0.6) is 11.5 Å². The molecule has 24 heavy (non-hydrogen) atoms. The number of nitrogens with one attached hydrogen (secondary N) is 1. The number of halogens is 1. The predicted molar refractivity (Wildman–Crippen MR) is 89.5 cm³/mol. The van der Waals surface area contributed by atoms with Crippen molar-refractivity contribution in [3.8, 4) is 11.5 Å². The van der Waals surface area contributed by atoms with Gasteiger partial charge in [0.2, 0.25) is 0 Å². The van der Waals surface area contributed by atoms with Crippen LogP contribution in [-0.2, 0) is 13.1 Å². The number of ether oxygens (including phenoxy) is 1. The molecule has 0 aromatic heterocycles. The molecule has 0 atom stereocenters. The molecule has 2 amide bonds. The van der Waals surface area contributed by atoms with E-state index in [0.29, 0.717) is 24.4 Å². The van der Waals surface area contributed by atoms with Gasteiger partial charge in [-0.2, -0.15) is 0 Å². The highest BCUT2D eigenvalue weighted by Crippen LogP contribution is 2.26. The molecule has 2 rings (SSSR count). The SMILES string of the molecule is COc1ccc(CN(C)C(=O)NCc2ccc(F)c(C)c2)cc1O. The normalized spacial score (nSPS) is 10.3. The van der Waals surface area contributed by atoms with E-state index in [0.717, 1.165) is 11.1 Å². The number of nitrogens with zero attached hydrogens (tertiary/aromatic N) is 1. The number of hydrogen-bond donors (Lipinski definition) is 2. The van der Waals surface area contributed by atoms with E-state index in [2.05, 4.69) is 5.32 Å². The lowest BCUT2D eigenvalue weighted by atomic mass is 10.1. The van der Waals surface area contributed by atoms with Gasteiger partial charge in [0, 0.05) is 20.1 Å². The standard InChI is InChI=1S/C18H21FN2O3/c1-12-8-13(4-6-15(12)19)10-20-18(23)21(2)11-14-5-7-17(24-3)16(22)9-14/h4-9,22H,10-11H2,1-3H3,(H,20,23). The number of amides is 2. The highest BCUT2D eigenvalue weighted by molar-refractivity contribution is 5.73. The van der Waals surface area contributed by atoms with E-state index in [-0.39, 0.29) is 17.6 Å². The van der Waals surface area contributed by atoms with E-state index in [1.807, 2.05) is 0 Å². The zero-order valence-corrected chi connectivity index (χ0v) is 14.0. The van der Waals surface area contributed by atoms with Crippen molar-refractivity contribution < 1.29 is 19.0 Å². The number of methoxy groups -OCH3 is 1. The van der Waals surface area contributed by atoms with Crippen LogP contribution in [-0.4, -0.2) is 30.2 Å². The molecule has 2 aromatic carbocycles. The highest BCUT2D eigenvalue weighted by atomic mass is 19.1. The largest absolute Gasteiger partial charge is 0.504 e. The smallest absolute Gasteiger partial charge is 0.317 e. The number of carbonyl (C=O) groups excluding carboxylic acids is 1. The molecule has 0 saturated heterocycles. The second kappa shape index (κ2) is 7.68. The number of hydrogen-bond acceptors (Lipinski definition) is 3. The van der Waals surface area contributed by atoms with Crippen molar-refractivity contribution in [3.63, 3.8) is 0 Å². The van der Waals surface area contributed by atoms with Gasteiger partial charge in [-0.25, -0.2) is 9.18 Å². The molecular weight excluding hydrogens is 311 g/mol. The first-order chi connectivity index (χ1) is 11.4. The van der Waals surface area contributed by atoms with Crippen LogP contribution in [0.15, 0.2) is 36.4 Å². The van der Waals surface area contributed by atoms with E-state index < -0.39 is 0 Å². The average molecular weight is 332 g/mol. The molecule has 0 radical (unpaired) electrons. The highest BCUT2D eigenvalue weighted by Gasteiger charge is 2.11. The number of aromatic hydroxyl groups is 1. The summed E-state index contributed by atoms with van der Waals surface area (Å²) in [6.45, 7) is 2.34. The Bertz CT molecular complexity index is 734. The summed E-state index contributed by atoms with van der Waals surface area (Å²) in [5.74, 6) is 0.157. The van der Waals surface area contributed by atoms with Gasteiger partial charge in [0.25, 0.3) is 0 Å². The van der Waals surface area contributed by atoms with Gasteiger partial charge in [-0.05, 0) is 41.8 Å². The molecule has 2 N–H and O–H groups in total. The second-order valence-corrected chi connectivity index (χ2v) is 5.60.